The molecule has 0 aliphatic heterocycles. The van der Waals surface area contributed by atoms with Crippen molar-refractivity contribution in [3.8, 4) is 0 Å². The number of hydrogen-bond acceptors (Lipinski definition) is 2. The zero-order valence-corrected chi connectivity index (χ0v) is 8.49. The van der Waals surface area contributed by atoms with E-state index < -0.39 is 0 Å². The Morgan fingerprint density at radius 1 is 1.88 bits per heavy atom. The van der Waals surface area contributed by atoms with Crippen molar-refractivity contribution in [2.24, 2.45) is 0 Å². The van der Waals surface area contributed by atoms with Gasteiger partial charge in [0.15, 0.2) is 0 Å². The van der Waals surface area contributed by atoms with Crippen LogP contribution in [0, 0.1) is 3.70 Å². The molecule has 0 aliphatic rings. The van der Waals surface area contributed by atoms with Crippen molar-refractivity contribution < 1.29 is 21.5 Å². The van der Waals surface area contributed by atoms with E-state index in [4.69, 9.17) is 0 Å². The van der Waals surface area contributed by atoms with Crippen LogP contribution in [0.2, 0.25) is 0 Å². The van der Waals surface area contributed by atoms with E-state index in [0.29, 0.717) is 0 Å². The van der Waals surface area contributed by atoms with Gasteiger partial charge in [0.1, 0.15) is 0 Å². The first-order valence-corrected chi connectivity index (χ1v) is 6.11. The molecule has 0 saturated heterocycles. The van der Waals surface area contributed by atoms with Gasteiger partial charge in [-0.2, -0.15) is 0 Å². The van der Waals surface area contributed by atoms with Crippen LogP contribution in [0.3, 0.4) is 0 Å². The van der Waals surface area contributed by atoms with Crippen LogP contribution in [0.25, 0.3) is 0 Å². The predicted octanol–water partition coefficient (Wildman–Crippen LogP) is -2.64. The van der Waals surface area contributed by atoms with Gasteiger partial charge < -0.3 is 0 Å². The summed E-state index contributed by atoms with van der Waals surface area (Å²) in [5, 5.41) is 7.66. The molecule has 0 saturated carbocycles. The number of hydrogen-bond donors (Lipinski definition) is 0. The Bertz CT molecular complexity index is 173. The monoisotopic (exact) mass is 336 g/mol. The molecule has 0 spiro atoms. The van der Waals surface area contributed by atoms with Crippen LogP contribution in [-0.2, 0) is 0 Å². The van der Waals surface area contributed by atoms with Crippen molar-refractivity contribution in [2.45, 2.75) is 0 Å². The molecular weight excluding hydrogens is 332 g/mol. The molecule has 1 aromatic rings. The molecule has 8 heavy (non-hydrogen) atoms. The molecule has 1 rings (SSSR count). The standard InChI is InChI=1S/C3H4I2N3/c1-5-8-2-3(4)6-7-8/h2H,1H3/q-1. The van der Waals surface area contributed by atoms with Crippen molar-refractivity contribution >= 4 is 22.6 Å². The fourth-order valence-electron chi connectivity index (χ4n) is 0.308. The summed E-state index contributed by atoms with van der Waals surface area (Å²) < 4.78 is 2.88. The normalized spacial score (nSPS) is 10.2. The van der Waals surface area contributed by atoms with Crippen LogP contribution in [-0.4, -0.2) is 18.1 Å². The van der Waals surface area contributed by atoms with E-state index in [1.165, 1.54) is 0 Å². The van der Waals surface area contributed by atoms with Crippen molar-refractivity contribution in [2.75, 3.05) is 4.93 Å². The average molecular weight is 336 g/mol. The van der Waals surface area contributed by atoms with Crippen molar-refractivity contribution in [3.63, 3.8) is 0 Å². The van der Waals surface area contributed by atoms with Crippen LogP contribution in [0.5, 0.6) is 0 Å². The van der Waals surface area contributed by atoms with E-state index in [0.717, 1.165) is 3.70 Å². The molecule has 0 unspecified atom stereocenters. The van der Waals surface area contributed by atoms with Crippen molar-refractivity contribution in [3.05, 3.63) is 9.90 Å². The van der Waals surface area contributed by atoms with E-state index in [1.807, 2.05) is 9.09 Å². The summed E-state index contributed by atoms with van der Waals surface area (Å²) in [5.74, 6) is 0. The molecule has 0 fully saturated rings. The Hall–Kier alpha value is 0.600. The van der Waals surface area contributed by atoms with E-state index in [2.05, 4.69) is 37.8 Å². The number of halogens is 2. The van der Waals surface area contributed by atoms with Crippen LogP contribution in [0.15, 0.2) is 6.20 Å². The first-order chi connectivity index (χ1) is 3.83. The third-order valence-corrected chi connectivity index (χ3v) is 2.57. The number of nitrogens with zero attached hydrogens (tertiary/aromatic N) is 3. The zero-order chi connectivity index (χ0) is 5.98. The summed E-state index contributed by atoms with van der Waals surface area (Å²) in [4.78, 5) is 2.14. The summed E-state index contributed by atoms with van der Waals surface area (Å²) in [6.07, 6.45) is 1.95. The summed E-state index contributed by atoms with van der Waals surface area (Å²) in [7, 11) is 0. The Morgan fingerprint density at radius 3 is 2.88 bits per heavy atom. The number of rotatable bonds is 1. The zero-order valence-electron chi connectivity index (χ0n) is 4.17. The molecule has 46 valence electrons. The molecule has 0 radical (unpaired) electrons. The Morgan fingerprint density at radius 2 is 2.62 bits per heavy atom. The minimum atomic E-state index is 0.0684. The van der Waals surface area contributed by atoms with Crippen LogP contribution < -0.4 is 21.5 Å². The van der Waals surface area contributed by atoms with Crippen molar-refractivity contribution in [1.82, 2.24) is 13.2 Å². The summed E-state index contributed by atoms with van der Waals surface area (Å²) in [6, 6.07) is 0. The van der Waals surface area contributed by atoms with Gasteiger partial charge in [-0.15, -0.1) is 0 Å². The molecule has 0 amide bonds. The molecular formula is C3H4I2N3-. The molecule has 0 aliphatic carbocycles. The van der Waals surface area contributed by atoms with E-state index in [1.54, 1.807) is 0 Å². The molecule has 3 nitrogen and oxygen atoms in total. The molecule has 0 bridgehead atoms. The van der Waals surface area contributed by atoms with Gasteiger partial charge >= 0.3 is 72.1 Å². The molecule has 0 aromatic carbocycles. The summed E-state index contributed by atoms with van der Waals surface area (Å²) in [5.41, 5.74) is 0. The van der Waals surface area contributed by atoms with Gasteiger partial charge in [-0.3, -0.25) is 0 Å². The second kappa shape index (κ2) is 2.95. The third kappa shape index (κ3) is 1.54. The van der Waals surface area contributed by atoms with Gasteiger partial charge in [0.25, 0.3) is 0 Å². The van der Waals surface area contributed by atoms with Crippen LogP contribution in [0.1, 0.15) is 0 Å². The minimum absolute atomic E-state index is 0.0684. The SMILES string of the molecule is C[I-]n1cc(I)nn1. The Balaban J connectivity index is 2.84. The van der Waals surface area contributed by atoms with Crippen LogP contribution >= 0.6 is 22.6 Å². The summed E-state index contributed by atoms with van der Waals surface area (Å²) >= 11 is 2.22. The molecule has 0 N–H and O–H groups in total. The predicted molar refractivity (Wildman–Crippen MR) is 34.1 cm³/mol. The van der Waals surface area contributed by atoms with E-state index >= 15 is 0 Å². The molecule has 1 heterocycles. The Labute approximate surface area is 71.6 Å². The number of alkyl halides is 1. The average Bonchev–Trinajstić information content (AvgIpc) is 2.14. The van der Waals surface area contributed by atoms with Gasteiger partial charge in [-0.1, -0.05) is 0 Å². The van der Waals surface area contributed by atoms with E-state index in [-0.39, 0.29) is 21.5 Å². The topological polar surface area (TPSA) is 30.7 Å². The van der Waals surface area contributed by atoms with Gasteiger partial charge in [0.05, 0.1) is 0 Å². The molecule has 0 atom stereocenters. The third-order valence-electron chi connectivity index (χ3n) is 0.612. The fourth-order valence-corrected chi connectivity index (χ4v) is 2.03. The quantitative estimate of drug-likeness (QED) is 0.415. The Kier molecular flexibility index (Phi) is 2.47. The molecule has 1 aromatic heterocycles. The first kappa shape index (κ1) is 6.72. The van der Waals surface area contributed by atoms with Gasteiger partial charge in [-0.05, 0) is 0 Å². The van der Waals surface area contributed by atoms with Gasteiger partial charge in [0, 0.05) is 0 Å². The fraction of sp³-hybridized carbons (Fsp3) is 0.333. The number of aromatic nitrogens is 3. The van der Waals surface area contributed by atoms with Gasteiger partial charge in [0.2, 0.25) is 0 Å². The van der Waals surface area contributed by atoms with Gasteiger partial charge in [-0.25, -0.2) is 0 Å². The van der Waals surface area contributed by atoms with Crippen LogP contribution in [0.4, 0.5) is 0 Å². The maximum absolute atomic E-state index is 3.84. The van der Waals surface area contributed by atoms with E-state index in [9.17, 15) is 0 Å². The molecule has 5 heteroatoms. The summed E-state index contributed by atoms with van der Waals surface area (Å²) in [6.45, 7) is 0. The second-order valence-electron chi connectivity index (χ2n) is 1.10. The maximum atomic E-state index is 3.84. The first-order valence-electron chi connectivity index (χ1n) is 1.91. The van der Waals surface area contributed by atoms with Crippen molar-refractivity contribution in [1.29, 1.82) is 0 Å². The second-order valence-corrected chi connectivity index (χ2v) is 4.16.